The first-order valence-electron chi connectivity index (χ1n) is 12.7. The maximum absolute atomic E-state index is 13.4. The van der Waals surface area contributed by atoms with Crippen molar-refractivity contribution in [2.75, 3.05) is 27.3 Å². The highest BCUT2D eigenvalue weighted by Gasteiger charge is 2.77. The summed E-state index contributed by atoms with van der Waals surface area (Å²) < 4.78 is 23.8. The van der Waals surface area contributed by atoms with Gasteiger partial charge in [0.15, 0.2) is 11.5 Å². The van der Waals surface area contributed by atoms with E-state index in [0.29, 0.717) is 11.8 Å². The number of esters is 1. The summed E-state index contributed by atoms with van der Waals surface area (Å²) in [5.74, 6) is 2.76. The molecule has 0 radical (unpaired) electrons. The molecular formula is C27H37NO5. The molecule has 3 aliphatic heterocycles. The zero-order valence-electron chi connectivity index (χ0n) is 20.6. The molecule has 6 heteroatoms. The molecule has 0 unspecified atom stereocenters. The van der Waals surface area contributed by atoms with E-state index in [9.17, 15) is 4.79 Å². The zero-order valence-corrected chi connectivity index (χ0v) is 20.6. The van der Waals surface area contributed by atoms with Crippen molar-refractivity contribution in [3.05, 3.63) is 23.3 Å². The number of benzene rings is 1. The summed E-state index contributed by atoms with van der Waals surface area (Å²) in [5, 5.41) is 0. The summed E-state index contributed by atoms with van der Waals surface area (Å²) in [6.07, 6.45) is 5.48. The first-order chi connectivity index (χ1) is 15.8. The predicted octanol–water partition coefficient (Wildman–Crippen LogP) is 4.15. The van der Waals surface area contributed by atoms with Gasteiger partial charge in [-0.1, -0.05) is 6.92 Å². The van der Waals surface area contributed by atoms with E-state index >= 15 is 0 Å². The molecule has 1 aromatic carbocycles. The summed E-state index contributed by atoms with van der Waals surface area (Å²) >= 11 is 0. The molecule has 0 amide bonds. The van der Waals surface area contributed by atoms with Gasteiger partial charge in [-0.15, -0.1) is 0 Å². The molecule has 6 nitrogen and oxygen atoms in total. The summed E-state index contributed by atoms with van der Waals surface area (Å²) in [4.78, 5) is 15.9. The molecule has 33 heavy (non-hydrogen) atoms. The van der Waals surface area contributed by atoms with Crippen LogP contribution in [-0.4, -0.2) is 55.5 Å². The van der Waals surface area contributed by atoms with Crippen LogP contribution in [0.15, 0.2) is 12.1 Å². The van der Waals surface area contributed by atoms with Crippen LogP contribution in [0.1, 0.15) is 63.6 Å². The number of nitrogens with zero attached hydrogens (tertiary/aromatic N) is 1. The summed E-state index contributed by atoms with van der Waals surface area (Å²) in [5.41, 5.74) is 2.09. The highest BCUT2D eigenvalue weighted by Crippen LogP contribution is 2.66. The first-order valence-corrected chi connectivity index (χ1v) is 12.7. The van der Waals surface area contributed by atoms with Crippen LogP contribution in [0, 0.1) is 23.7 Å². The maximum atomic E-state index is 13.4. The number of fused-ring (bicyclic) bond motifs is 2. The number of rotatable bonds is 4. The van der Waals surface area contributed by atoms with Crippen molar-refractivity contribution in [1.82, 2.24) is 4.90 Å². The van der Waals surface area contributed by atoms with E-state index in [1.165, 1.54) is 17.5 Å². The van der Waals surface area contributed by atoms with Crippen molar-refractivity contribution in [3.63, 3.8) is 0 Å². The lowest BCUT2D eigenvalue weighted by molar-refractivity contribution is -0.168. The normalized spacial score (nSPS) is 43.6. The van der Waals surface area contributed by atoms with E-state index in [1.54, 1.807) is 14.2 Å². The van der Waals surface area contributed by atoms with Crippen LogP contribution in [0.25, 0.3) is 0 Å². The fourth-order valence-electron chi connectivity index (χ4n) is 7.96. The molecule has 0 bridgehead atoms. The van der Waals surface area contributed by atoms with E-state index in [4.69, 9.17) is 18.9 Å². The molecule has 180 valence electrons. The fraction of sp³-hybridized carbons (Fsp3) is 0.741. The number of ether oxygens (including phenoxy) is 4. The zero-order chi connectivity index (χ0) is 23.1. The Kier molecular flexibility index (Phi) is 4.84. The quantitative estimate of drug-likeness (QED) is 0.502. The molecule has 3 heterocycles. The minimum atomic E-state index is -0.403. The highest BCUT2D eigenvalue weighted by atomic mass is 16.7. The second kappa shape index (κ2) is 7.35. The van der Waals surface area contributed by atoms with Crippen LogP contribution >= 0.6 is 0 Å². The average molecular weight is 456 g/mol. The highest BCUT2D eigenvalue weighted by molar-refractivity contribution is 5.77. The molecular weight excluding hydrogens is 418 g/mol. The molecule has 8 atom stereocenters. The third kappa shape index (κ3) is 2.95. The van der Waals surface area contributed by atoms with Gasteiger partial charge in [-0.2, -0.15) is 0 Å². The van der Waals surface area contributed by atoms with E-state index in [0.717, 1.165) is 50.3 Å². The Morgan fingerprint density at radius 3 is 2.61 bits per heavy atom. The van der Waals surface area contributed by atoms with Crippen molar-refractivity contribution >= 4 is 5.97 Å². The number of hydrogen-bond donors (Lipinski definition) is 0. The van der Waals surface area contributed by atoms with E-state index in [-0.39, 0.29) is 35.6 Å². The van der Waals surface area contributed by atoms with E-state index in [1.807, 2.05) is 0 Å². The molecule has 1 spiro atoms. The number of carbonyl (C=O) groups excluding carboxylic acids is 1. The number of carbonyl (C=O) groups is 1. The van der Waals surface area contributed by atoms with Gasteiger partial charge in [-0.3, -0.25) is 9.69 Å². The van der Waals surface area contributed by atoms with Crippen LogP contribution in [0.5, 0.6) is 11.5 Å². The number of epoxide rings is 1. The Hall–Kier alpha value is -1.79. The van der Waals surface area contributed by atoms with Gasteiger partial charge in [-0.05, 0) is 75.1 Å². The summed E-state index contributed by atoms with van der Waals surface area (Å²) in [7, 11) is 3.37. The van der Waals surface area contributed by atoms with Crippen molar-refractivity contribution in [2.45, 2.75) is 76.2 Å². The van der Waals surface area contributed by atoms with E-state index < -0.39 is 5.60 Å². The molecule has 2 saturated heterocycles. The van der Waals surface area contributed by atoms with Crippen LogP contribution in [0.3, 0.4) is 0 Å². The van der Waals surface area contributed by atoms with Gasteiger partial charge >= 0.3 is 5.97 Å². The van der Waals surface area contributed by atoms with Crippen molar-refractivity contribution in [3.8, 4) is 11.5 Å². The summed E-state index contributed by atoms with van der Waals surface area (Å²) in [6, 6.07) is 4.44. The summed E-state index contributed by atoms with van der Waals surface area (Å²) in [6.45, 7) is 8.49. The maximum Gasteiger partial charge on any atom is 0.311 e. The van der Waals surface area contributed by atoms with Crippen LogP contribution in [-0.2, 0) is 20.7 Å². The molecule has 0 N–H and O–H groups in total. The van der Waals surface area contributed by atoms with Crippen LogP contribution in [0.4, 0.5) is 0 Å². The third-order valence-electron chi connectivity index (χ3n) is 9.83. The molecule has 1 aromatic rings. The van der Waals surface area contributed by atoms with Gasteiger partial charge in [0, 0.05) is 31.0 Å². The number of methoxy groups -OCH3 is 2. The largest absolute Gasteiger partial charge is 0.493 e. The predicted molar refractivity (Wildman–Crippen MR) is 123 cm³/mol. The van der Waals surface area contributed by atoms with Gasteiger partial charge in [0.1, 0.15) is 11.7 Å². The molecule has 2 aliphatic carbocycles. The minimum absolute atomic E-state index is 0.00385. The van der Waals surface area contributed by atoms with Crippen LogP contribution < -0.4 is 9.47 Å². The van der Waals surface area contributed by atoms with Gasteiger partial charge in [0.05, 0.1) is 25.7 Å². The second-order valence-electron chi connectivity index (χ2n) is 11.3. The minimum Gasteiger partial charge on any atom is -0.493 e. The SMILES string of the molecule is COc1cc2c(cc1OC)[C@H](C)N(C[C@H]1C(=O)O[C@@]34[C@@H](CC[C@@]5(C)O[C@@H]35)[C@H](C)CC[C@@H]14)CC2. The standard InChI is InChI=1S/C27H37NO5/c1-15-6-7-21-19(24(29)32-27(21)20(15)8-10-26(3)25(27)33-26)14-28-11-9-17-12-22(30-4)23(31-5)13-18(17)16(28)2/h12-13,15-16,19-21,25H,6-11,14H2,1-5H3/t15-,16+,19-,20+,21+,25-,26-,27-/m1/s1. The monoisotopic (exact) mass is 455 g/mol. The topological polar surface area (TPSA) is 60.5 Å². The van der Waals surface area contributed by atoms with Crippen molar-refractivity contribution < 1.29 is 23.7 Å². The Morgan fingerprint density at radius 2 is 1.85 bits per heavy atom. The molecule has 4 fully saturated rings. The average Bonchev–Trinajstić information content (AvgIpc) is 3.43. The Morgan fingerprint density at radius 1 is 1.09 bits per heavy atom. The van der Waals surface area contributed by atoms with Crippen molar-refractivity contribution in [2.24, 2.45) is 23.7 Å². The lowest BCUT2D eigenvalue weighted by atomic mass is 9.55. The number of hydrogen-bond acceptors (Lipinski definition) is 6. The van der Waals surface area contributed by atoms with Crippen molar-refractivity contribution in [1.29, 1.82) is 0 Å². The van der Waals surface area contributed by atoms with E-state index in [2.05, 4.69) is 37.8 Å². The molecule has 5 aliphatic rings. The Bertz CT molecular complexity index is 980. The lowest BCUT2D eigenvalue weighted by Gasteiger charge is -2.50. The van der Waals surface area contributed by atoms with Gasteiger partial charge in [0.2, 0.25) is 0 Å². The smallest absolute Gasteiger partial charge is 0.311 e. The molecule has 6 rings (SSSR count). The van der Waals surface area contributed by atoms with Crippen LogP contribution in [0.2, 0.25) is 0 Å². The Labute approximate surface area is 196 Å². The van der Waals surface area contributed by atoms with Gasteiger partial charge < -0.3 is 18.9 Å². The van der Waals surface area contributed by atoms with Gasteiger partial charge in [0.25, 0.3) is 0 Å². The lowest BCUT2D eigenvalue weighted by Crippen LogP contribution is -2.58. The molecule has 2 saturated carbocycles. The second-order valence-corrected chi connectivity index (χ2v) is 11.3. The fourth-order valence-corrected chi connectivity index (χ4v) is 7.96. The van der Waals surface area contributed by atoms with Gasteiger partial charge in [-0.25, -0.2) is 0 Å². The Balaban J connectivity index is 1.28. The molecule has 0 aromatic heterocycles. The third-order valence-corrected chi connectivity index (χ3v) is 9.83. The first kappa shape index (κ1) is 21.7.